The minimum atomic E-state index is -4.50. The molecule has 0 atom stereocenters. The highest BCUT2D eigenvalue weighted by molar-refractivity contribution is 5.86. The van der Waals surface area contributed by atoms with Crippen molar-refractivity contribution in [1.82, 2.24) is 10.2 Å². The first-order valence-corrected chi connectivity index (χ1v) is 6.07. The number of hydrogen-bond donors (Lipinski definition) is 2. The summed E-state index contributed by atoms with van der Waals surface area (Å²) in [6.07, 6.45) is -2.73. The average molecular weight is 282 g/mol. The van der Waals surface area contributed by atoms with Crippen LogP contribution in [0.2, 0.25) is 0 Å². The number of carbonyl (C=O) groups is 2. The minimum Gasteiger partial charge on any atom is -0.480 e. The highest BCUT2D eigenvalue weighted by Gasteiger charge is 2.44. The number of carboxylic acids is 1. The fourth-order valence-corrected chi connectivity index (χ4v) is 2.20. The number of halogens is 3. The molecule has 0 aromatic heterocycles. The van der Waals surface area contributed by atoms with E-state index in [-0.39, 0.29) is 19.4 Å². The first-order valence-electron chi connectivity index (χ1n) is 6.07. The van der Waals surface area contributed by atoms with Gasteiger partial charge in [0.2, 0.25) is 0 Å². The molecule has 19 heavy (non-hydrogen) atoms. The normalized spacial score (nSPS) is 18.1. The molecule has 0 unspecified atom stereocenters. The molecule has 0 saturated heterocycles. The van der Waals surface area contributed by atoms with Gasteiger partial charge in [-0.3, -0.25) is 0 Å². The summed E-state index contributed by atoms with van der Waals surface area (Å²) in [5.41, 5.74) is -1.42. The van der Waals surface area contributed by atoms with Crippen molar-refractivity contribution in [2.24, 2.45) is 0 Å². The first-order chi connectivity index (χ1) is 8.70. The van der Waals surface area contributed by atoms with E-state index in [1.54, 1.807) is 0 Å². The molecule has 1 aliphatic carbocycles. The molecule has 0 aromatic carbocycles. The molecule has 110 valence electrons. The van der Waals surface area contributed by atoms with Crippen LogP contribution in [0, 0.1) is 0 Å². The summed E-state index contributed by atoms with van der Waals surface area (Å²) >= 11 is 0. The van der Waals surface area contributed by atoms with Gasteiger partial charge < -0.3 is 15.3 Å². The molecule has 0 bridgehead atoms. The number of rotatable bonds is 4. The van der Waals surface area contributed by atoms with Crippen LogP contribution in [-0.2, 0) is 4.79 Å². The van der Waals surface area contributed by atoms with Crippen LogP contribution in [0.4, 0.5) is 18.0 Å². The van der Waals surface area contributed by atoms with Gasteiger partial charge in [0.25, 0.3) is 0 Å². The van der Waals surface area contributed by atoms with Gasteiger partial charge in [0.1, 0.15) is 12.1 Å². The summed E-state index contributed by atoms with van der Waals surface area (Å²) in [4.78, 5) is 23.5. The summed E-state index contributed by atoms with van der Waals surface area (Å²) in [7, 11) is 0. The van der Waals surface area contributed by atoms with Gasteiger partial charge >= 0.3 is 18.2 Å². The van der Waals surface area contributed by atoms with E-state index in [9.17, 15) is 22.8 Å². The van der Waals surface area contributed by atoms with E-state index in [2.05, 4.69) is 5.32 Å². The molecular weight excluding hydrogens is 265 g/mol. The van der Waals surface area contributed by atoms with Crippen molar-refractivity contribution >= 4 is 12.0 Å². The molecule has 5 nitrogen and oxygen atoms in total. The number of amides is 2. The van der Waals surface area contributed by atoms with Gasteiger partial charge in [-0.15, -0.1) is 0 Å². The maximum atomic E-state index is 12.3. The van der Waals surface area contributed by atoms with E-state index in [1.165, 1.54) is 6.92 Å². The fraction of sp³-hybridized carbons (Fsp3) is 0.818. The second-order valence-electron chi connectivity index (χ2n) is 4.65. The second-order valence-corrected chi connectivity index (χ2v) is 4.65. The molecule has 0 radical (unpaired) electrons. The monoisotopic (exact) mass is 282 g/mol. The number of nitrogens with one attached hydrogen (secondary N) is 1. The van der Waals surface area contributed by atoms with Crippen LogP contribution in [0.1, 0.15) is 32.6 Å². The highest BCUT2D eigenvalue weighted by Crippen LogP contribution is 2.30. The number of carbonyl (C=O) groups excluding carboxylic acids is 1. The minimum absolute atomic E-state index is 0.138. The Bertz CT molecular complexity index is 352. The lowest BCUT2D eigenvalue weighted by atomic mass is 9.98. The van der Waals surface area contributed by atoms with Crippen molar-refractivity contribution in [2.75, 3.05) is 13.1 Å². The van der Waals surface area contributed by atoms with Gasteiger partial charge in [-0.1, -0.05) is 12.8 Å². The van der Waals surface area contributed by atoms with Gasteiger partial charge in [-0.05, 0) is 19.8 Å². The fourth-order valence-electron chi connectivity index (χ4n) is 2.20. The van der Waals surface area contributed by atoms with E-state index in [1.807, 2.05) is 0 Å². The Balaban J connectivity index is 2.73. The van der Waals surface area contributed by atoms with Gasteiger partial charge in [-0.2, -0.15) is 13.2 Å². The number of nitrogens with zero attached hydrogens (tertiary/aromatic N) is 1. The van der Waals surface area contributed by atoms with Crippen LogP contribution in [-0.4, -0.2) is 46.8 Å². The molecule has 1 fully saturated rings. The van der Waals surface area contributed by atoms with E-state index < -0.39 is 30.3 Å². The van der Waals surface area contributed by atoms with E-state index >= 15 is 0 Å². The van der Waals surface area contributed by atoms with Crippen molar-refractivity contribution in [3.8, 4) is 0 Å². The number of hydrogen-bond acceptors (Lipinski definition) is 2. The molecule has 2 amide bonds. The molecule has 0 spiro atoms. The lowest BCUT2D eigenvalue weighted by Crippen LogP contribution is -2.57. The van der Waals surface area contributed by atoms with E-state index in [0.29, 0.717) is 17.7 Å². The van der Waals surface area contributed by atoms with Gasteiger partial charge in [0.15, 0.2) is 0 Å². The lowest BCUT2D eigenvalue weighted by molar-refractivity contribution is -0.145. The third kappa shape index (κ3) is 4.00. The summed E-state index contributed by atoms with van der Waals surface area (Å²) in [5.74, 6) is -1.19. The van der Waals surface area contributed by atoms with E-state index in [4.69, 9.17) is 5.11 Å². The molecule has 0 aromatic rings. The number of urea groups is 1. The Hall–Kier alpha value is -1.47. The van der Waals surface area contributed by atoms with Crippen molar-refractivity contribution in [1.29, 1.82) is 0 Å². The zero-order chi connectivity index (χ0) is 14.7. The van der Waals surface area contributed by atoms with Crippen molar-refractivity contribution in [3.63, 3.8) is 0 Å². The molecule has 0 aliphatic heterocycles. The van der Waals surface area contributed by atoms with Crippen LogP contribution < -0.4 is 5.32 Å². The third-order valence-corrected chi connectivity index (χ3v) is 3.25. The maximum absolute atomic E-state index is 12.3. The molecule has 2 N–H and O–H groups in total. The summed E-state index contributed by atoms with van der Waals surface area (Å²) in [6, 6.07) is -0.982. The summed E-state index contributed by atoms with van der Waals surface area (Å²) < 4.78 is 36.8. The van der Waals surface area contributed by atoms with Crippen molar-refractivity contribution in [3.05, 3.63) is 0 Å². The Morgan fingerprint density at radius 1 is 1.32 bits per heavy atom. The van der Waals surface area contributed by atoms with Crippen molar-refractivity contribution in [2.45, 2.75) is 44.3 Å². The van der Waals surface area contributed by atoms with Gasteiger partial charge in [0, 0.05) is 6.54 Å². The van der Waals surface area contributed by atoms with Crippen molar-refractivity contribution < 1.29 is 27.9 Å². The van der Waals surface area contributed by atoms with Gasteiger partial charge in [0.05, 0.1) is 0 Å². The largest absolute Gasteiger partial charge is 0.480 e. The Kier molecular flexibility index (Phi) is 4.65. The topological polar surface area (TPSA) is 69.6 Å². The first kappa shape index (κ1) is 15.6. The quantitative estimate of drug-likeness (QED) is 0.828. The van der Waals surface area contributed by atoms with Crippen LogP contribution >= 0.6 is 0 Å². The zero-order valence-corrected chi connectivity index (χ0v) is 10.6. The smallest absolute Gasteiger partial charge is 0.406 e. The Morgan fingerprint density at radius 3 is 2.21 bits per heavy atom. The van der Waals surface area contributed by atoms with Crippen LogP contribution in [0.25, 0.3) is 0 Å². The lowest BCUT2D eigenvalue weighted by Gasteiger charge is -2.30. The number of carboxylic acid groups (broad SMARTS) is 1. The SMILES string of the molecule is CCN(CC(F)(F)F)C(=O)NC1(C(=O)O)CCCC1. The molecule has 8 heteroatoms. The zero-order valence-electron chi connectivity index (χ0n) is 10.6. The van der Waals surface area contributed by atoms with Crippen LogP contribution in [0.3, 0.4) is 0 Å². The molecule has 1 saturated carbocycles. The molecular formula is C11H17F3N2O3. The standard InChI is InChI=1S/C11H17F3N2O3/c1-2-16(7-11(12,13)14)9(19)15-10(8(17)18)5-3-4-6-10/h2-7H2,1H3,(H,15,19)(H,17,18). The number of alkyl halides is 3. The number of aliphatic carboxylic acids is 1. The Labute approximate surface area is 108 Å². The average Bonchev–Trinajstić information content (AvgIpc) is 2.74. The second kappa shape index (κ2) is 5.66. The van der Waals surface area contributed by atoms with Gasteiger partial charge in [-0.25, -0.2) is 9.59 Å². The van der Waals surface area contributed by atoms with E-state index in [0.717, 1.165) is 0 Å². The maximum Gasteiger partial charge on any atom is 0.406 e. The summed E-state index contributed by atoms with van der Waals surface area (Å²) in [6.45, 7) is -0.112. The highest BCUT2D eigenvalue weighted by atomic mass is 19.4. The molecule has 1 aliphatic rings. The van der Waals surface area contributed by atoms with Crippen LogP contribution in [0.5, 0.6) is 0 Å². The predicted octanol–water partition coefficient (Wildman–Crippen LogP) is 1.98. The third-order valence-electron chi connectivity index (χ3n) is 3.25. The molecule has 1 rings (SSSR count). The van der Waals surface area contributed by atoms with Crippen LogP contribution in [0.15, 0.2) is 0 Å². The molecule has 0 heterocycles. The summed E-state index contributed by atoms with van der Waals surface area (Å²) in [5, 5.41) is 11.4. The predicted molar refractivity (Wildman–Crippen MR) is 60.7 cm³/mol. The Morgan fingerprint density at radius 2 is 1.84 bits per heavy atom.